The Hall–Kier alpha value is -2.73. The van der Waals surface area contributed by atoms with E-state index in [4.69, 9.17) is 14.2 Å². The van der Waals surface area contributed by atoms with Crippen molar-refractivity contribution in [2.24, 2.45) is 4.99 Å². The van der Waals surface area contributed by atoms with E-state index in [0.29, 0.717) is 26.4 Å². The van der Waals surface area contributed by atoms with Crippen LogP contribution in [0, 0.1) is 0 Å². The van der Waals surface area contributed by atoms with E-state index in [2.05, 4.69) is 39.9 Å². The quantitative estimate of drug-likeness (QED) is 0.314. The van der Waals surface area contributed by atoms with Crippen LogP contribution in [0.4, 0.5) is 0 Å². The summed E-state index contributed by atoms with van der Waals surface area (Å²) in [6.45, 7) is 7.49. The third kappa shape index (κ3) is 7.59. The van der Waals surface area contributed by atoms with E-state index in [1.54, 1.807) is 14.2 Å². The second-order valence-corrected chi connectivity index (χ2v) is 6.78. The van der Waals surface area contributed by atoms with Gasteiger partial charge in [0.1, 0.15) is 0 Å². The van der Waals surface area contributed by atoms with Crippen molar-refractivity contribution >= 4 is 5.96 Å². The van der Waals surface area contributed by atoms with E-state index in [1.165, 1.54) is 16.7 Å². The lowest BCUT2D eigenvalue weighted by atomic mass is 10.1. The Kier molecular flexibility index (Phi) is 10.6. The van der Waals surface area contributed by atoms with E-state index >= 15 is 0 Å². The molecule has 0 atom stereocenters. The molecule has 2 aromatic carbocycles. The lowest BCUT2D eigenvalue weighted by molar-refractivity contribution is 0.133. The van der Waals surface area contributed by atoms with Crippen LogP contribution in [0.2, 0.25) is 0 Å². The van der Waals surface area contributed by atoms with Crippen LogP contribution in [0.3, 0.4) is 0 Å². The van der Waals surface area contributed by atoms with E-state index in [9.17, 15) is 0 Å². The van der Waals surface area contributed by atoms with Gasteiger partial charge in [0.2, 0.25) is 0 Å². The molecular weight excluding hydrogens is 378 g/mol. The summed E-state index contributed by atoms with van der Waals surface area (Å²) in [5, 5.41) is 6.78. The minimum Gasteiger partial charge on any atom is -0.493 e. The Morgan fingerprint density at radius 1 is 0.967 bits per heavy atom. The maximum Gasteiger partial charge on any atom is 0.191 e. The average molecular weight is 414 g/mol. The fraction of sp³-hybridized carbons (Fsp3) is 0.458. The maximum absolute atomic E-state index is 5.66. The van der Waals surface area contributed by atoms with Crippen LogP contribution in [0.1, 0.15) is 37.0 Å². The number of hydrogen-bond acceptors (Lipinski definition) is 4. The van der Waals surface area contributed by atoms with Crippen molar-refractivity contribution in [3.05, 3.63) is 59.2 Å². The summed E-state index contributed by atoms with van der Waals surface area (Å²) in [7, 11) is 3.45. The molecule has 0 heterocycles. The molecule has 0 unspecified atom stereocenters. The maximum atomic E-state index is 5.66. The zero-order valence-electron chi connectivity index (χ0n) is 18.7. The topological polar surface area (TPSA) is 64.1 Å². The molecule has 0 saturated carbocycles. The van der Waals surface area contributed by atoms with Gasteiger partial charge in [-0.05, 0) is 55.5 Å². The van der Waals surface area contributed by atoms with Crippen molar-refractivity contribution in [1.82, 2.24) is 10.6 Å². The number of benzene rings is 2. The normalized spacial score (nSPS) is 11.3. The summed E-state index contributed by atoms with van der Waals surface area (Å²) in [5.41, 5.74) is 3.65. The summed E-state index contributed by atoms with van der Waals surface area (Å²) < 4.78 is 16.6. The molecule has 0 radical (unpaired) electrons. The molecule has 0 fully saturated rings. The molecule has 0 aliphatic heterocycles. The lowest BCUT2D eigenvalue weighted by Gasteiger charge is -2.15. The first-order valence-electron chi connectivity index (χ1n) is 10.6. The molecular formula is C24H35N3O3. The van der Waals surface area contributed by atoms with Gasteiger partial charge in [-0.2, -0.15) is 0 Å². The monoisotopic (exact) mass is 413 g/mol. The van der Waals surface area contributed by atoms with Crippen LogP contribution in [0.5, 0.6) is 11.5 Å². The molecule has 0 amide bonds. The number of rotatable bonds is 12. The Morgan fingerprint density at radius 2 is 1.77 bits per heavy atom. The van der Waals surface area contributed by atoms with Gasteiger partial charge in [0.05, 0.1) is 20.3 Å². The molecule has 30 heavy (non-hydrogen) atoms. The van der Waals surface area contributed by atoms with Gasteiger partial charge in [-0.1, -0.05) is 30.3 Å². The number of methoxy groups -OCH3 is 1. The predicted molar refractivity (Wildman–Crippen MR) is 122 cm³/mol. The van der Waals surface area contributed by atoms with Crippen molar-refractivity contribution in [1.29, 1.82) is 0 Å². The first-order chi connectivity index (χ1) is 14.7. The van der Waals surface area contributed by atoms with Gasteiger partial charge in [-0.25, -0.2) is 0 Å². The zero-order chi connectivity index (χ0) is 21.6. The first-order valence-corrected chi connectivity index (χ1v) is 10.6. The molecule has 6 heteroatoms. The number of aliphatic imine (C=N–C) groups is 1. The Balaban J connectivity index is 1.79. The van der Waals surface area contributed by atoms with Crippen LogP contribution in [0.25, 0.3) is 0 Å². The Labute approximate surface area is 180 Å². The summed E-state index contributed by atoms with van der Waals surface area (Å²) in [6, 6.07) is 14.4. The molecule has 2 N–H and O–H groups in total. The second kappa shape index (κ2) is 13.5. The number of ether oxygens (including phenoxy) is 3. The van der Waals surface area contributed by atoms with Crippen molar-refractivity contribution in [3.8, 4) is 11.5 Å². The van der Waals surface area contributed by atoms with Gasteiger partial charge in [-0.15, -0.1) is 0 Å². The highest BCUT2D eigenvalue weighted by Gasteiger charge is 2.06. The third-order valence-electron chi connectivity index (χ3n) is 4.71. The standard InChI is InChI=1S/C24H35N3O3/c1-5-29-18-21-12-8-7-11-20(21)17-27-24(25-3)26-15-9-10-19-13-14-22(28-4)23(16-19)30-6-2/h7-8,11-14,16H,5-6,9-10,15,17-18H2,1-4H3,(H2,25,26,27). The second-order valence-electron chi connectivity index (χ2n) is 6.78. The number of aryl methyl sites for hydroxylation is 1. The predicted octanol–water partition coefficient (Wildman–Crippen LogP) is 3.93. The number of hydrogen-bond donors (Lipinski definition) is 2. The molecule has 0 saturated heterocycles. The fourth-order valence-corrected chi connectivity index (χ4v) is 3.13. The molecule has 0 bridgehead atoms. The highest BCUT2D eigenvalue weighted by atomic mass is 16.5. The first kappa shape index (κ1) is 23.5. The zero-order valence-corrected chi connectivity index (χ0v) is 18.7. The molecule has 0 aliphatic rings. The smallest absolute Gasteiger partial charge is 0.191 e. The van der Waals surface area contributed by atoms with Crippen molar-refractivity contribution in [3.63, 3.8) is 0 Å². The summed E-state index contributed by atoms with van der Waals surface area (Å²) >= 11 is 0. The molecule has 6 nitrogen and oxygen atoms in total. The van der Waals surface area contributed by atoms with Gasteiger partial charge >= 0.3 is 0 Å². The molecule has 2 aromatic rings. The Bertz CT molecular complexity index is 793. The van der Waals surface area contributed by atoms with Crippen LogP contribution in [0.15, 0.2) is 47.5 Å². The van der Waals surface area contributed by atoms with E-state index < -0.39 is 0 Å². The largest absolute Gasteiger partial charge is 0.493 e. The highest BCUT2D eigenvalue weighted by Crippen LogP contribution is 2.28. The van der Waals surface area contributed by atoms with Gasteiger partial charge in [-0.3, -0.25) is 4.99 Å². The molecule has 0 aliphatic carbocycles. The van der Waals surface area contributed by atoms with Gasteiger partial charge in [0, 0.05) is 26.7 Å². The molecule has 0 aromatic heterocycles. The van der Waals surface area contributed by atoms with E-state index in [1.807, 2.05) is 32.0 Å². The van der Waals surface area contributed by atoms with Crippen LogP contribution >= 0.6 is 0 Å². The van der Waals surface area contributed by atoms with E-state index in [0.717, 1.165) is 36.8 Å². The van der Waals surface area contributed by atoms with Gasteiger partial charge in [0.25, 0.3) is 0 Å². The van der Waals surface area contributed by atoms with Crippen molar-refractivity contribution in [2.45, 2.75) is 39.8 Å². The summed E-state index contributed by atoms with van der Waals surface area (Å²) in [5.74, 6) is 2.37. The molecule has 164 valence electrons. The minimum absolute atomic E-state index is 0.622. The van der Waals surface area contributed by atoms with E-state index in [-0.39, 0.29) is 0 Å². The summed E-state index contributed by atoms with van der Waals surface area (Å²) in [6.07, 6.45) is 1.94. The van der Waals surface area contributed by atoms with Crippen molar-refractivity contribution in [2.75, 3.05) is 33.9 Å². The lowest BCUT2D eigenvalue weighted by Crippen LogP contribution is -2.37. The van der Waals surface area contributed by atoms with Crippen LogP contribution in [-0.4, -0.2) is 39.9 Å². The van der Waals surface area contributed by atoms with Gasteiger partial charge in [0.15, 0.2) is 17.5 Å². The van der Waals surface area contributed by atoms with Crippen LogP contribution < -0.4 is 20.1 Å². The average Bonchev–Trinajstić information content (AvgIpc) is 2.78. The van der Waals surface area contributed by atoms with Gasteiger partial charge < -0.3 is 24.8 Å². The van der Waals surface area contributed by atoms with Crippen LogP contribution in [-0.2, 0) is 24.3 Å². The highest BCUT2D eigenvalue weighted by molar-refractivity contribution is 5.79. The fourth-order valence-electron chi connectivity index (χ4n) is 3.13. The number of guanidine groups is 1. The summed E-state index contributed by atoms with van der Waals surface area (Å²) in [4.78, 5) is 4.33. The third-order valence-corrected chi connectivity index (χ3v) is 4.71. The molecule has 2 rings (SSSR count). The number of nitrogens with zero attached hydrogens (tertiary/aromatic N) is 1. The Morgan fingerprint density at radius 3 is 2.47 bits per heavy atom. The minimum atomic E-state index is 0.622. The van der Waals surface area contributed by atoms with Crippen molar-refractivity contribution < 1.29 is 14.2 Å². The SMILES string of the molecule is CCOCc1ccccc1CNC(=NC)NCCCc1ccc(OC)c(OCC)c1. The number of nitrogens with one attached hydrogen (secondary N) is 2. The molecule has 0 spiro atoms.